The molecule has 2 aromatic carbocycles. The highest BCUT2D eigenvalue weighted by Gasteiger charge is 2.27. The molecule has 0 fully saturated rings. The molecule has 1 aromatic heterocycles. The Morgan fingerprint density at radius 3 is 2.90 bits per heavy atom. The number of carbonyl (C=O) groups excluding carboxylic acids is 1. The third-order valence-corrected chi connectivity index (χ3v) is 5.92. The number of H-pyrrole nitrogens is 1. The molecule has 1 unspecified atom stereocenters. The Morgan fingerprint density at radius 2 is 2.13 bits per heavy atom. The molecule has 162 valence electrons. The topological polar surface area (TPSA) is 74.4 Å². The molecule has 1 aliphatic heterocycles. The van der Waals surface area contributed by atoms with E-state index in [2.05, 4.69) is 10.3 Å². The first-order chi connectivity index (χ1) is 14.9. The summed E-state index contributed by atoms with van der Waals surface area (Å²) in [4.78, 5) is 29.5. The molecule has 0 saturated heterocycles. The fourth-order valence-corrected chi connectivity index (χ4v) is 4.32. The van der Waals surface area contributed by atoms with Gasteiger partial charge in [-0.15, -0.1) is 0 Å². The third-order valence-electron chi connectivity index (χ3n) is 5.68. The third kappa shape index (κ3) is 4.29. The highest BCUT2D eigenvalue weighted by molar-refractivity contribution is 6.30. The van der Waals surface area contributed by atoms with Gasteiger partial charge in [0.05, 0.1) is 30.3 Å². The van der Waals surface area contributed by atoms with Gasteiger partial charge in [0.2, 0.25) is 5.91 Å². The summed E-state index contributed by atoms with van der Waals surface area (Å²) in [6, 6.07) is 10.1. The molecule has 0 radical (unpaired) electrons. The van der Waals surface area contributed by atoms with Crippen LogP contribution in [0.15, 0.2) is 41.2 Å². The maximum atomic E-state index is 14.6. The number of pyridine rings is 1. The number of carbonyl (C=O) groups is 1. The van der Waals surface area contributed by atoms with Crippen molar-refractivity contribution in [2.24, 2.45) is 0 Å². The van der Waals surface area contributed by atoms with Gasteiger partial charge >= 0.3 is 0 Å². The van der Waals surface area contributed by atoms with Crippen LogP contribution >= 0.6 is 11.6 Å². The molecule has 4 rings (SSSR count). The highest BCUT2D eigenvalue weighted by Crippen LogP contribution is 2.31. The van der Waals surface area contributed by atoms with E-state index in [1.807, 2.05) is 25.1 Å². The van der Waals surface area contributed by atoms with Crippen LogP contribution < -0.4 is 10.9 Å². The summed E-state index contributed by atoms with van der Waals surface area (Å²) in [5.74, 6) is -0.712. The number of hydrogen-bond acceptors (Lipinski definition) is 4. The smallest absolute Gasteiger partial charge is 0.256 e. The standard InChI is InChI=1S/C23H23ClFN3O3/c1-13-18-4-3-16(24)7-14(18)5-6-28(13)22(29)11-26-21-9-15-8-17(12-31-2)27-23(30)19(15)10-20(21)25/h3-4,7-10,13,26H,5-6,11-12H2,1-2H3,(H,27,30). The summed E-state index contributed by atoms with van der Waals surface area (Å²) >= 11 is 6.08. The molecule has 1 atom stereocenters. The Labute approximate surface area is 184 Å². The number of amides is 1. The van der Waals surface area contributed by atoms with Crippen molar-refractivity contribution in [2.75, 3.05) is 25.5 Å². The van der Waals surface area contributed by atoms with Crippen molar-refractivity contribution < 1.29 is 13.9 Å². The largest absolute Gasteiger partial charge is 0.378 e. The number of ether oxygens (including phenoxy) is 1. The molecular weight excluding hydrogens is 421 g/mol. The Kier molecular flexibility index (Phi) is 5.98. The van der Waals surface area contributed by atoms with Gasteiger partial charge < -0.3 is 19.9 Å². The summed E-state index contributed by atoms with van der Waals surface area (Å²) in [5, 5.41) is 4.40. The van der Waals surface area contributed by atoms with Gasteiger partial charge in [0, 0.05) is 24.4 Å². The molecule has 1 aliphatic rings. The number of aromatic nitrogens is 1. The van der Waals surface area contributed by atoms with E-state index in [9.17, 15) is 14.0 Å². The molecule has 0 aliphatic carbocycles. The first-order valence-electron chi connectivity index (χ1n) is 10.0. The number of benzene rings is 2. The second kappa shape index (κ2) is 8.69. The monoisotopic (exact) mass is 443 g/mol. The fraction of sp³-hybridized carbons (Fsp3) is 0.304. The lowest BCUT2D eigenvalue weighted by atomic mass is 9.93. The maximum Gasteiger partial charge on any atom is 0.256 e. The second-order valence-corrected chi connectivity index (χ2v) is 8.12. The fourth-order valence-electron chi connectivity index (χ4n) is 4.13. The van der Waals surface area contributed by atoms with Crippen LogP contribution in [0.2, 0.25) is 5.02 Å². The van der Waals surface area contributed by atoms with Crippen LogP contribution in [0.25, 0.3) is 10.8 Å². The van der Waals surface area contributed by atoms with Crippen molar-refractivity contribution in [1.82, 2.24) is 9.88 Å². The van der Waals surface area contributed by atoms with E-state index in [-0.39, 0.29) is 41.7 Å². The number of nitrogens with zero attached hydrogens (tertiary/aromatic N) is 1. The zero-order chi connectivity index (χ0) is 22.1. The van der Waals surface area contributed by atoms with E-state index in [0.29, 0.717) is 22.6 Å². The zero-order valence-corrected chi connectivity index (χ0v) is 18.1. The Balaban J connectivity index is 1.52. The van der Waals surface area contributed by atoms with Crippen LogP contribution in [0, 0.1) is 5.82 Å². The Bertz CT molecular complexity index is 1210. The lowest BCUT2D eigenvalue weighted by Gasteiger charge is -2.35. The van der Waals surface area contributed by atoms with Crippen LogP contribution in [0.4, 0.5) is 10.1 Å². The number of fused-ring (bicyclic) bond motifs is 2. The minimum atomic E-state index is -0.586. The Morgan fingerprint density at radius 1 is 1.32 bits per heavy atom. The molecular formula is C23H23ClFN3O3. The molecule has 0 bridgehead atoms. The predicted octanol–water partition coefficient (Wildman–Crippen LogP) is 4.02. The summed E-state index contributed by atoms with van der Waals surface area (Å²) in [6.07, 6.45) is 0.724. The number of halogens is 2. The first-order valence-corrected chi connectivity index (χ1v) is 10.4. The van der Waals surface area contributed by atoms with Crippen LogP contribution in [-0.2, 0) is 22.6 Å². The van der Waals surface area contributed by atoms with Gasteiger partial charge in [-0.3, -0.25) is 9.59 Å². The van der Waals surface area contributed by atoms with Gasteiger partial charge in [-0.25, -0.2) is 4.39 Å². The molecule has 31 heavy (non-hydrogen) atoms. The normalized spacial score (nSPS) is 15.7. The molecule has 6 nitrogen and oxygen atoms in total. The van der Waals surface area contributed by atoms with Crippen molar-refractivity contribution in [2.45, 2.75) is 26.0 Å². The number of hydrogen-bond donors (Lipinski definition) is 2. The average Bonchev–Trinajstić information content (AvgIpc) is 2.73. The van der Waals surface area contributed by atoms with Crippen LogP contribution in [0.5, 0.6) is 0 Å². The van der Waals surface area contributed by atoms with Crippen molar-refractivity contribution in [3.8, 4) is 0 Å². The van der Waals surface area contributed by atoms with Gasteiger partial charge in [0.15, 0.2) is 0 Å². The lowest BCUT2D eigenvalue weighted by Crippen LogP contribution is -2.41. The van der Waals surface area contributed by atoms with E-state index in [1.165, 1.54) is 13.2 Å². The van der Waals surface area contributed by atoms with Gasteiger partial charge in [0.25, 0.3) is 5.56 Å². The van der Waals surface area contributed by atoms with E-state index < -0.39 is 5.82 Å². The minimum absolute atomic E-state index is 0.0518. The van der Waals surface area contributed by atoms with Crippen molar-refractivity contribution >= 4 is 34.0 Å². The Hall–Kier alpha value is -2.90. The molecule has 2 N–H and O–H groups in total. The van der Waals surface area contributed by atoms with Crippen LogP contribution in [0.1, 0.15) is 29.8 Å². The average molecular weight is 444 g/mol. The summed E-state index contributed by atoms with van der Waals surface area (Å²) in [5.41, 5.74) is 2.61. The SMILES string of the molecule is COCc1cc2cc(NCC(=O)N3CCc4cc(Cl)ccc4C3C)c(F)cc2c(=O)[nH]1. The van der Waals surface area contributed by atoms with Crippen LogP contribution in [-0.4, -0.2) is 36.0 Å². The number of rotatable bonds is 5. The molecule has 0 spiro atoms. The highest BCUT2D eigenvalue weighted by atomic mass is 35.5. The van der Waals surface area contributed by atoms with E-state index >= 15 is 0 Å². The van der Waals surface area contributed by atoms with Gasteiger partial charge in [-0.05, 0) is 60.2 Å². The van der Waals surface area contributed by atoms with Gasteiger partial charge in [0.1, 0.15) is 5.82 Å². The lowest BCUT2D eigenvalue weighted by molar-refractivity contribution is -0.131. The maximum absolute atomic E-state index is 14.6. The molecule has 8 heteroatoms. The number of anilines is 1. The zero-order valence-electron chi connectivity index (χ0n) is 17.3. The van der Waals surface area contributed by atoms with E-state index in [4.69, 9.17) is 16.3 Å². The molecule has 3 aromatic rings. The summed E-state index contributed by atoms with van der Waals surface area (Å²) < 4.78 is 19.6. The minimum Gasteiger partial charge on any atom is -0.378 e. The van der Waals surface area contributed by atoms with Crippen molar-refractivity contribution in [3.63, 3.8) is 0 Å². The summed E-state index contributed by atoms with van der Waals surface area (Å²) in [7, 11) is 1.53. The van der Waals surface area contributed by atoms with Crippen molar-refractivity contribution in [1.29, 1.82) is 0 Å². The summed E-state index contributed by atoms with van der Waals surface area (Å²) in [6.45, 7) is 2.74. The quantitative estimate of drug-likeness (QED) is 0.624. The molecule has 0 saturated carbocycles. The predicted molar refractivity (Wildman–Crippen MR) is 119 cm³/mol. The second-order valence-electron chi connectivity index (χ2n) is 7.69. The molecule has 1 amide bonds. The number of methoxy groups -OCH3 is 1. The number of nitrogens with one attached hydrogen (secondary N) is 2. The van der Waals surface area contributed by atoms with E-state index in [0.717, 1.165) is 17.5 Å². The van der Waals surface area contributed by atoms with Gasteiger partial charge in [-0.1, -0.05) is 17.7 Å². The van der Waals surface area contributed by atoms with Gasteiger partial charge in [-0.2, -0.15) is 0 Å². The van der Waals surface area contributed by atoms with Crippen LogP contribution in [0.3, 0.4) is 0 Å². The molecule has 2 heterocycles. The van der Waals surface area contributed by atoms with E-state index in [1.54, 1.807) is 17.0 Å². The van der Waals surface area contributed by atoms with Crippen molar-refractivity contribution in [3.05, 3.63) is 74.4 Å². The first kappa shape index (κ1) is 21.3. The number of aromatic amines is 1.